The van der Waals surface area contributed by atoms with Crippen LogP contribution in [0.15, 0.2) is 17.5 Å². The third kappa shape index (κ3) is 10.1. The Labute approximate surface area is 178 Å². The van der Waals surface area contributed by atoms with Crippen LogP contribution >= 0.6 is 0 Å². The van der Waals surface area contributed by atoms with Gasteiger partial charge in [-0.1, -0.05) is 0 Å². The lowest BCUT2D eigenvalue weighted by Gasteiger charge is -2.21. The van der Waals surface area contributed by atoms with E-state index in [1.54, 1.807) is 0 Å². The zero-order valence-corrected chi connectivity index (χ0v) is 17.1. The monoisotopic (exact) mass is 439 g/mol. The van der Waals surface area contributed by atoms with Crippen LogP contribution in [0.4, 0.5) is 0 Å². The van der Waals surface area contributed by atoms with Gasteiger partial charge in [0.2, 0.25) is 17.7 Å². The molecule has 14 nitrogen and oxygen atoms in total. The number of carbonyl (C=O) groups excluding carboxylic acids is 3. The first-order valence-electron chi connectivity index (χ1n) is 9.48. The number of H-pyrrole nitrogens is 1. The molecule has 0 aliphatic rings. The highest BCUT2D eigenvalue weighted by Gasteiger charge is 2.25. The van der Waals surface area contributed by atoms with Crippen LogP contribution in [0.5, 0.6) is 0 Å². The molecule has 0 saturated carbocycles. The van der Waals surface area contributed by atoms with Gasteiger partial charge in [-0.25, -0.2) is 4.98 Å². The second-order valence-electron chi connectivity index (χ2n) is 6.74. The van der Waals surface area contributed by atoms with Gasteiger partial charge >= 0.3 is 5.97 Å². The minimum Gasteiger partial charge on any atom is -0.480 e. The Morgan fingerprint density at radius 2 is 1.90 bits per heavy atom. The molecule has 14 heteroatoms. The number of carbonyl (C=O) groups is 4. The summed E-state index contributed by atoms with van der Waals surface area (Å²) in [6, 6.07) is -2.95. The van der Waals surface area contributed by atoms with E-state index in [1.807, 2.05) is 0 Å². The van der Waals surface area contributed by atoms with Crippen molar-refractivity contribution in [2.24, 2.45) is 22.2 Å². The summed E-state index contributed by atoms with van der Waals surface area (Å²) < 4.78 is 0. The topological polar surface area (TPSA) is 244 Å². The Balaban J connectivity index is 2.64. The molecule has 1 aromatic rings. The Kier molecular flexibility index (Phi) is 10.5. The average Bonchev–Trinajstić information content (AvgIpc) is 3.20. The van der Waals surface area contributed by atoms with E-state index in [9.17, 15) is 19.2 Å². The molecule has 1 heterocycles. The molecule has 3 unspecified atom stereocenters. The first-order chi connectivity index (χ1) is 14.6. The summed E-state index contributed by atoms with van der Waals surface area (Å²) in [5.41, 5.74) is 17.0. The number of rotatable bonds is 13. The minimum atomic E-state index is -1.23. The number of aliphatic carboxylic acids is 1. The molecular weight excluding hydrogens is 410 g/mol. The van der Waals surface area contributed by atoms with Crippen LogP contribution in [-0.2, 0) is 25.6 Å². The molecule has 0 fully saturated rings. The largest absolute Gasteiger partial charge is 0.480 e. The van der Waals surface area contributed by atoms with Crippen molar-refractivity contribution >= 4 is 29.7 Å². The van der Waals surface area contributed by atoms with Gasteiger partial charge in [0.05, 0.1) is 12.4 Å². The van der Waals surface area contributed by atoms with Crippen LogP contribution in [0, 0.1) is 0 Å². The highest BCUT2D eigenvalue weighted by Crippen LogP contribution is 2.01. The van der Waals surface area contributed by atoms with Crippen LogP contribution in [0.25, 0.3) is 0 Å². The summed E-state index contributed by atoms with van der Waals surface area (Å²) in [5, 5.41) is 15.9. The first kappa shape index (κ1) is 25.4. The van der Waals surface area contributed by atoms with Crippen LogP contribution in [0.1, 0.15) is 25.5 Å². The average molecular weight is 439 g/mol. The van der Waals surface area contributed by atoms with Crippen molar-refractivity contribution in [2.75, 3.05) is 13.1 Å². The lowest BCUT2D eigenvalue weighted by molar-refractivity contribution is -0.138. The molecule has 0 bridgehead atoms. The fraction of sp³-hybridized carbons (Fsp3) is 0.529. The molecule has 0 radical (unpaired) electrons. The number of amides is 3. The smallest absolute Gasteiger partial charge is 0.322 e. The van der Waals surface area contributed by atoms with E-state index in [4.69, 9.17) is 22.3 Å². The van der Waals surface area contributed by atoms with Crippen LogP contribution < -0.4 is 33.2 Å². The number of hydrogen-bond donors (Lipinski definition) is 8. The van der Waals surface area contributed by atoms with Crippen LogP contribution in [-0.4, -0.2) is 75.9 Å². The predicted molar refractivity (Wildman–Crippen MR) is 110 cm³/mol. The van der Waals surface area contributed by atoms with Crippen LogP contribution in [0.2, 0.25) is 0 Å². The van der Waals surface area contributed by atoms with E-state index < -0.39 is 48.4 Å². The molecule has 1 rings (SSSR count). The van der Waals surface area contributed by atoms with Crippen molar-refractivity contribution in [3.63, 3.8) is 0 Å². The van der Waals surface area contributed by atoms with Gasteiger partial charge < -0.3 is 43.2 Å². The van der Waals surface area contributed by atoms with E-state index in [0.717, 1.165) is 0 Å². The molecule has 0 saturated heterocycles. The van der Waals surface area contributed by atoms with Crippen molar-refractivity contribution in [2.45, 2.75) is 44.3 Å². The van der Waals surface area contributed by atoms with Gasteiger partial charge in [0.15, 0.2) is 5.96 Å². The second-order valence-corrected chi connectivity index (χ2v) is 6.74. The second kappa shape index (κ2) is 12.8. The van der Waals surface area contributed by atoms with Gasteiger partial charge in [0, 0.05) is 24.9 Å². The number of imidazole rings is 1. The fourth-order valence-electron chi connectivity index (χ4n) is 2.47. The Morgan fingerprint density at radius 1 is 1.19 bits per heavy atom. The molecule has 1 aromatic heterocycles. The normalized spacial score (nSPS) is 13.4. The predicted octanol–water partition coefficient (Wildman–Crippen LogP) is -3.48. The van der Waals surface area contributed by atoms with Gasteiger partial charge in [-0.2, -0.15) is 0 Å². The van der Waals surface area contributed by atoms with Gasteiger partial charge in [-0.15, -0.1) is 0 Å². The maximum Gasteiger partial charge on any atom is 0.322 e. The number of nitrogens with one attached hydrogen (secondary N) is 4. The maximum atomic E-state index is 12.5. The quantitative estimate of drug-likeness (QED) is 0.0862. The summed E-state index contributed by atoms with van der Waals surface area (Å²) in [6.45, 7) is 1.05. The van der Waals surface area contributed by atoms with E-state index in [2.05, 4.69) is 30.9 Å². The summed E-state index contributed by atoms with van der Waals surface area (Å²) in [5.74, 6) is -3.23. The highest BCUT2D eigenvalue weighted by atomic mass is 16.4. The first-order valence-corrected chi connectivity index (χ1v) is 9.48. The van der Waals surface area contributed by atoms with Crippen LogP contribution in [0.3, 0.4) is 0 Å². The number of aromatic nitrogens is 2. The number of nitrogens with two attached hydrogens (primary N) is 3. The molecule has 172 valence electrons. The molecule has 31 heavy (non-hydrogen) atoms. The summed E-state index contributed by atoms with van der Waals surface area (Å²) >= 11 is 0. The third-order valence-electron chi connectivity index (χ3n) is 4.08. The summed E-state index contributed by atoms with van der Waals surface area (Å²) in [4.78, 5) is 58.1. The molecule has 11 N–H and O–H groups in total. The molecule has 0 aliphatic heterocycles. The third-order valence-corrected chi connectivity index (χ3v) is 4.08. The molecule has 0 aliphatic carbocycles. The maximum absolute atomic E-state index is 12.5. The minimum absolute atomic E-state index is 0.112. The van der Waals surface area contributed by atoms with E-state index in [1.165, 1.54) is 19.4 Å². The summed E-state index contributed by atoms with van der Waals surface area (Å²) in [7, 11) is 0. The standard InChI is InChI=1S/C17H29N9O5/c1-9(25-15(30)11(18)5-10-6-21-8-24-10)14(29)26-12(3-2-4-22-17(19)20)16(31)23-7-13(27)28/h6,8-9,11-12H,2-5,7,18H2,1H3,(H,21,24)(H,23,31)(H,25,30)(H,26,29)(H,27,28)(H4,19,20,22). The Hall–Kier alpha value is -3.68. The summed E-state index contributed by atoms with van der Waals surface area (Å²) in [6.07, 6.45) is 3.68. The fourth-order valence-corrected chi connectivity index (χ4v) is 2.47. The van der Waals surface area contributed by atoms with Gasteiger partial charge in [0.25, 0.3) is 0 Å². The molecule has 0 aromatic carbocycles. The lowest BCUT2D eigenvalue weighted by atomic mass is 10.1. The molecule has 0 spiro atoms. The number of nitrogens with zero attached hydrogens (tertiary/aromatic N) is 2. The Bertz CT molecular complexity index is 777. The molecular formula is C17H29N9O5. The number of aliphatic imine (C=N–C) groups is 1. The zero-order valence-electron chi connectivity index (χ0n) is 17.1. The highest BCUT2D eigenvalue weighted by molar-refractivity contribution is 5.93. The Morgan fingerprint density at radius 3 is 2.48 bits per heavy atom. The van der Waals surface area contributed by atoms with E-state index >= 15 is 0 Å². The van der Waals surface area contributed by atoms with E-state index in [-0.39, 0.29) is 25.3 Å². The van der Waals surface area contributed by atoms with Gasteiger partial charge in [-0.05, 0) is 19.8 Å². The number of guanidine groups is 1. The zero-order chi connectivity index (χ0) is 23.4. The van der Waals surface area contributed by atoms with Crippen molar-refractivity contribution in [3.05, 3.63) is 18.2 Å². The van der Waals surface area contributed by atoms with Gasteiger partial charge in [-0.3, -0.25) is 24.2 Å². The van der Waals surface area contributed by atoms with E-state index in [0.29, 0.717) is 12.1 Å². The number of aromatic amines is 1. The number of hydrogen-bond acceptors (Lipinski definition) is 7. The van der Waals surface area contributed by atoms with Crippen molar-refractivity contribution in [3.8, 4) is 0 Å². The lowest BCUT2D eigenvalue weighted by Crippen LogP contribution is -2.55. The number of carboxylic acid groups (broad SMARTS) is 1. The molecule has 3 amide bonds. The van der Waals surface area contributed by atoms with Crippen molar-refractivity contribution in [1.82, 2.24) is 25.9 Å². The number of carboxylic acids is 1. The molecule has 3 atom stereocenters. The van der Waals surface area contributed by atoms with Gasteiger partial charge in [0.1, 0.15) is 18.6 Å². The SMILES string of the molecule is CC(NC(=O)C(N)Cc1cnc[nH]1)C(=O)NC(CCCN=C(N)N)C(=O)NCC(=O)O. The van der Waals surface area contributed by atoms with Crippen molar-refractivity contribution < 1.29 is 24.3 Å². The van der Waals surface area contributed by atoms with Crippen molar-refractivity contribution in [1.29, 1.82) is 0 Å².